The van der Waals surface area contributed by atoms with Crippen molar-refractivity contribution in [3.05, 3.63) is 91.0 Å². The van der Waals surface area contributed by atoms with Crippen molar-refractivity contribution in [2.24, 2.45) is 5.10 Å². The summed E-state index contributed by atoms with van der Waals surface area (Å²) in [5, 5.41) is 5.09. The van der Waals surface area contributed by atoms with E-state index in [9.17, 15) is 4.79 Å². The third-order valence-corrected chi connectivity index (χ3v) is 5.52. The standard InChI is InChI=1S/C22H17Cl2IN2O3/c1-29-21-9-6-14(10-19(21)25)12-26-27-22(28)17-4-2-3-5-20(17)30-13-15-7-8-16(23)11-18(15)24/h2-12H,13H2,1H3,(H,27,28)/b26-12-. The second-order valence-corrected chi connectivity index (χ2v) is 8.12. The number of carbonyl (C=O) groups is 1. The minimum absolute atomic E-state index is 0.202. The second-order valence-electron chi connectivity index (χ2n) is 6.11. The molecule has 0 radical (unpaired) electrons. The van der Waals surface area contributed by atoms with E-state index in [2.05, 4.69) is 33.1 Å². The summed E-state index contributed by atoms with van der Waals surface area (Å²) in [6.45, 7) is 0.202. The molecular weight excluding hydrogens is 538 g/mol. The third-order valence-electron chi connectivity index (χ3n) is 4.09. The molecule has 0 saturated carbocycles. The monoisotopic (exact) mass is 554 g/mol. The smallest absolute Gasteiger partial charge is 0.275 e. The van der Waals surface area contributed by atoms with Crippen molar-refractivity contribution in [3.63, 3.8) is 0 Å². The highest BCUT2D eigenvalue weighted by molar-refractivity contribution is 14.1. The zero-order valence-electron chi connectivity index (χ0n) is 15.9. The summed E-state index contributed by atoms with van der Waals surface area (Å²) in [4.78, 5) is 12.6. The highest BCUT2D eigenvalue weighted by atomic mass is 127. The Hall–Kier alpha value is -2.29. The summed E-state index contributed by atoms with van der Waals surface area (Å²) in [5.41, 5.74) is 4.49. The molecule has 3 aromatic rings. The molecule has 0 atom stereocenters. The number of para-hydroxylation sites is 1. The van der Waals surface area contributed by atoms with E-state index < -0.39 is 0 Å². The lowest BCUT2D eigenvalue weighted by Gasteiger charge is -2.11. The first kappa shape index (κ1) is 22.4. The molecule has 8 heteroatoms. The topological polar surface area (TPSA) is 59.9 Å². The molecule has 0 aliphatic heterocycles. The van der Waals surface area contributed by atoms with Crippen LogP contribution in [0.4, 0.5) is 0 Å². The largest absolute Gasteiger partial charge is 0.496 e. The molecular formula is C22H17Cl2IN2O3. The van der Waals surface area contributed by atoms with Gasteiger partial charge in [-0.1, -0.05) is 41.4 Å². The van der Waals surface area contributed by atoms with E-state index in [1.54, 1.807) is 55.8 Å². The molecule has 0 saturated heterocycles. The van der Waals surface area contributed by atoms with Gasteiger partial charge in [0.25, 0.3) is 5.91 Å². The predicted molar refractivity (Wildman–Crippen MR) is 128 cm³/mol. The molecule has 0 bridgehead atoms. The molecule has 5 nitrogen and oxygen atoms in total. The highest BCUT2D eigenvalue weighted by Gasteiger charge is 2.12. The number of nitrogens with zero attached hydrogens (tertiary/aromatic N) is 1. The average molecular weight is 555 g/mol. The van der Waals surface area contributed by atoms with Gasteiger partial charge in [-0.15, -0.1) is 0 Å². The van der Waals surface area contributed by atoms with Gasteiger partial charge in [0.1, 0.15) is 18.1 Å². The van der Waals surface area contributed by atoms with Gasteiger partial charge in [-0.2, -0.15) is 5.10 Å². The van der Waals surface area contributed by atoms with Gasteiger partial charge in [0, 0.05) is 15.6 Å². The van der Waals surface area contributed by atoms with Crippen molar-refractivity contribution in [1.82, 2.24) is 5.43 Å². The Morgan fingerprint density at radius 1 is 1.10 bits per heavy atom. The summed E-state index contributed by atoms with van der Waals surface area (Å²) < 4.78 is 12.0. The lowest BCUT2D eigenvalue weighted by molar-refractivity contribution is 0.0950. The second kappa shape index (κ2) is 10.7. The molecule has 0 fully saturated rings. The van der Waals surface area contributed by atoms with Crippen molar-refractivity contribution < 1.29 is 14.3 Å². The van der Waals surface area contributed by atoms with Crippen LogP contribution in [0.5, 0.6) is 11.5 Å². The molecule has 0 unspecified atom stereocenters. The molecule has 3 rings (SSSR count). The summed E-state index contributed by atoms with van der Waals surface area (Å²) in [5.74, 6) is 0.825. The lowest BCUT2D eigenvalue weighted by Crippen LogP contribution is -2.18. The number of benzene rings is 3. The van der Waals surface area contributed by atoms with Crippen LogP contribution >= 0.6 is 45.8 Å². The van der Waals surface area contributed by atoms with Crippen LogP contribution in [0.15, 0.2) is 65.8 Å². The first-order chi connectivity index (χ1) is 14.5. The van der Waals surface area contributed by atoms with Crippen LogP contribution in [-0.4, -0.2) is 19.2 Å². The molecule has 30 heavy (non-hydrogen) atoms. The van der Waals surface area contributed by atoms with Crippen molar-refractivity contribution in [3.8, 4) is 11.5 Å². The minimum atomic E-state index is -0.382. The molecule has 154 valence electrons. The zero-order chi connectivity index (χ0) is 21.5. The maximum atomic E-state index is 12.6. The number of nitrogens with one attached hydrogen (secondary N) is 1. The Bertz CT molecular complexity index is 1090. The number of hydrogen-bond acceptors (Lipinski definition) is 4. The Balaban J connectivity index is 1.67. The first-order valence-electron chi connectivity index (χ1n) is 8.80. The Morgan fingerprint density at radius 3 is 2.63 bits per heavy atom. The van der Waals surface area contributed by atoms with E-state index >= 15 is 0 Å². The zero-order valence-corrected chi connectivity index (χ0v) is 19.5. The van der Waals surface area contributed by atoms with Crippen LogP contribution < -0.4 is 14.9 Å². The number of rotatable bonds is 7. The fourth-order valence-corrected chi connectivity index (χ4v) is 3.79. The molecule has 1 amide bonds. The Kier molecular flexibility index (Phi) is 7.95. The van der Waals surface area contributed by atoms with Gasteiger partial charge in [-0.25, -0.2) is 5.43 Å². The van der Waals surface area contributed by atoms with Crippen LogP contribution in [0.2, 0.25) is 10.0 Å². The van der Waals surface area contributed by atoms with Crippen LogP contribution in [0.25, 0.3) is 0 Å². The Morgan fingerprint density at radius 2 is 1.90 bits per heavy atom. The van der Waals surface area contributed by atoms with Crippen molar-refractivity contribution in [2.75, 3.05) is 7.11 Å². The summed E-state index contributed by atoms with van der Waals surface area (Å²) in [7, 11) is 1.62. The quantitative estimate of drug-likeness (QED) is 0.223. The van der Waals surface area contributed by atoms with Crippen LogP contribution in [0.1, 0.15) is 21.5 Å². The van der Waals surface area contributed by atoms with E-state index in [-0.39, 0.29) is 12.5 Å². The molecule has 1 N–H and O–H groups in total. The summed E-state index contributed by atoms with van der Waals surface area (Å²) >= 11 is 14.3. The highest BCUT2D eigenvalue weighted by Crippen LogP contribution is 2.24. The van der Waals surface area contributed by atoms with E-state index in [4.69, 9.17) is 32.7 Å². The number of methoxy groups -OCH3 is 1. The van der Waals surface area contributed by atoms with E-state index in [1.165, 1.54) is 0 Å². The fourth-order valence-electron chi connectivity index (χ4n) is 2.56. The lowest BCUT2D eigenvalue weighted by atomic mass is 10.2. The fraction of sp³-hybridized carbons (Fsp3) is 0.0909. The number of halogens is 3. The number of hydrogen-bond donors (Lipinski definition) is 1. The predicted octanol–water partition coefficient (Wildman–Crippen LogP) is 5.95. The summed E-state index contributed by atoms with van der Waals surface area (Å²) in [6.07, 6.45) is 1.57. The molecule has 0 aliphatic rings. The van der Waals surface area contributed by atoms with Crippen LogP contribution in [0, 0.1) is 3.57 Å². The van der Waals surface area contributed by atoms with Gasteiger partial charge >= 0.3 is 0 Å². The van der Waals surface area contributed by atoms with E-state index in [0.717, 1.165) is 20.4 Å². The molecule has 0 aromatic heterocycles. The third kappa shape index (κ3) is 5.87. The van der Waals surface area contributed by atoms with Gasteiger partial charge in [0.2, 0.25) is 0 Å². The number of ether oxygens (including phenoxy) is 2. The number of carbonyl (C=O) groups excluding carboxylic acids is 1. The number of amides is 1. The van der Waals surface area contributed by atoms with E-state index in [0.29, 0.717) is 21.4 Å². The minimum Gasteiger partial charge on any atom is -0.496 e. The van der Waals surface area contributed by atoms with Gasteiger partial charge in [-0.3, -0.25) is 4.79 Å². The van der Waals surface area contributed by atoms with Gasteiger partial charge in [0.05, 0.1) is 22.5 Å². The van der Waals surface area contributed by atoms with Crippen LogP contribution in [0.3, 0.4) is 0 Å². The van der Waals surface area contributed by atoms with Crippen molar-refractivity contribution in [1.29, 1.82) is 0 Å². The van der Waals surface area contributed by atoms with Crippen molar-refractivity contribution in [2.45, 2.75) is 6.61 Å². The molecule has 0 spiro atoms. The first-order valence-corrected chi connectivity index (χ1v) is 10.6. The normalized spacial score (nSPS) is 10.8. The SMILES string of the molecule is COc1ccc(/C=N\NC(=O)c2ccccc2OCc2ccc(Cl)cc2Cl)cc1I. The number of hydrazone groups is 1. The van der Waals surface area contributed by atoms with Crippen LogP contribution in [-0.2, 0) is 6.61 Å². The van der Waals surface area contributed by atoms with Gasteiger partial charge < -0.3 is 9.47 Å². The average Bonchev–Trinajstić information content (AvgIpc) is 2.73. The maximum Gasteiger partial charge on any atom is 0.275 e. The molecule has 0 aliphatic carbocycles. The summed E-state index contributed by atoms with van der Waals surface area (Å²) in [6, 6.07) is 17.7. The van der Waals surface area contributed by atoms with E-state index in [1.807, 2.05) is 18.2 Å². The molecule has 3 aromatic carbocycles. The molecule has 0 heterocycles. The Labute approximate surface area is 198 Å². The van der Waals surface area contributed by atoms with Crippen molar-refractivity contribution >= 4 is 57.9 Å². The van der Waals surface area contributed by atoms with Gasteiger partial charge in [0.15, 0.2) is 0 Å². The maximum absolute atomic E-state index is 12.6. The van der Waals surface area contributed by atoms with Gasteiger partial charge in [-0.05, 0) is 70.6 Å².